The van der Waals surface area contributed by atoms with E-state index in [4.69, 9.17) is 29.8 Å². The maximum Gasteiger partial charge on any atom is 0.330 e. The summed E-state index contributed by atoms with van der Waals surface area (Å²) >= 11 is 0. The SMILES string of the molecule is Cc1cn([C@H]2C[C@H](N=[N+]=[N-])[C@@H](C(O)OC(OP(C)(=O)O)[C@H]3O[C@@H](n4cc(C)c(=O)[nH]c4=O)C[C@@H]3N=[N+]=[N-])O2)c(=O)[nH]c1=O. The molecule has 4 N–H and O–H groups in total. The minimum atomic E-state index is -4.40. The van der Waals surface area contributed by atoms with Crippen LogP contribution in [0, 0.1) is 13.8 Å². The van der Waals surface area contributed by atoms with Crippen LogP contribution < -0.4 is 22.5 Å². The lowest BCUT2D eigenvalue weighted by Crippen LogP contribution is -2.45. The van der Waals surface area contributed by atoms with E-state index in [1.54, 1.807) is 0 Å². The minimum absolute atomic E-state index is 0.143. The van der Waals surface area contributed by atoms with Crippen molar-refractivity contribution in [2.24, 2.45) is 10.2 Å². The van der Waals surface area contributed by atoms with E-state index in [0.717, 1.165) is 15.8 Å². The standard InChI is InChI=1S/C21H27N10O11P/c1-8-6-30(20(35)24-16(8)32)12-4-10(26-28-22)14(39-12)18(34)41-19(42-43(3,37)38)15-11(27-29-23)5-13(40-15)31-7-9(2)17(33)25-21(31)36/h6-7,10-15,18-19,34H,4-5H2,1-3H3,(H,37,38)(H,24,32,35)(H,25,33,36)/t10-,11-,12+,13+,14-,15-,18?,19?/m0/s1. The van der Waals surface area contributed by atoms with Crippen molar-refractivity contribution in [3.8, 4) is 0 Å². The Balaban J connectivity index is 1.64. The number of nitrogens with one attached hydrogen (secondary N) is 2. The third kappa shape index (κ3) is 7.14. The van der Waals surface area contributed by atoms with Crippen LogP contribution in [0.5, 0.6) is 0 Å². The number of ether oxygens (including phenoxy) is 3. The predicted octanol–water partition coefficient (Wildman–Crippen LogP) is 0.129. The molecule has 0 spiro atoms. The van der Waals surface area contributed by atoms with Gasteiger partial charge in [-0.25, -0.2) is 9.59 Å². The summed E-state index contributed by atoms with van der Waals surface area (Å²) in [7, 11) is -4.40. The van der Waals surface area contributed by atoms with Gasteiger partial charge in [0.1, 0.15) is 24.7 Å². The quantitative estimate of drug-likeness (QED) is 0.0903. The molecule has 0 amide bonds. The van der Waals surface area contributed by atoms with Crippen LogP contribution >= 0.6 is 7.60 Å². The van der Waals surface area contributed by atoms with Crippen molar-refractivity contribution in [3.05, 3.63) is 86.1 Å². The largest absolute Gasteiger partial charge is 0.366 e. The highest BCUT2D eigenvalue weighted by Gasteiger charge is 2.48. The first-order valence-corrected chi connectivity index (χ1v) is 14.6. The average molecular weight is 626 g/mol. The number of azide groups is 2. The molecule has 0 aromatic carbocycles. The van der Waals surface area contributed by atoms with Gasteiger partial charge >= 0.3 is 19.0 Å². The Morgan fingerprint density at radius 2 is 1.40 bits per heavy atom. The molecule has 0 radical (unpaired) electrons. The second kappa shape index (κ2) is 12.7. The maximum atomic E-state index is 12.4. The van der Waals surface area contributed by atoms with Crippen molar-refractivity contribution in [1.82, 2.24) is 19.1 Å². The average Bonchev–Trinajstić information content (AvgIpc) is 3.52. The van der Waals surface area contributed by atoms with E-state index < -0.39 is 79.4 Å². The van der Waals surface area contributed by atoms with Crippen LogP contribution in [0.1, 0.15) is 36.4 Å². The fraction of sp³-hybridized carbons (Fsp3) is 0.619. The number of hydrogen-bond donors (Lipinski definition) is 4. The van der Waals surface area contributed by atoms with E-state index >= 15 is 0 Å². The Labute approximate surface area is 239 Å². The molecular weight excluding hydrogens is 599 g/mol. The van der Waals surface area contributed by atoms with Crippen molar-refractivity contribution in [2.45, 2.75) is 76.0 Å². The van der Waals surface area contributed by atoms with Crippen LogP contribution in [-0.4, -0.2) is 72.6 Å². The zero-order valence-corrected chi connectivity index (χ0v) is 23.7. The number of aliphatic hydroxyl groups excluding tert-OH is 1. The first kappa shape index (κ1) is 31.9. The number of aryl methyl sites for hydroxylation is 2. The first-order chi connectivity index (χ1) is 20.2. The summed E-state index contributed by atoms with van der Waals surface area (Å²) in [5.74, 6) is 0. The topological polar surface area (TPSA) is 302 Å². The van der Waals surface area contributed by atoms with Crippen molar-refractivity contribution >= 4 is 7.60 Å². The molecule has 22 heteroatoms. The summed E-state index contributed by atoms with van der Waals surface area (Å²) < 4.78 is 36.7. The molecule has 2 aliphatic heterocycles. The van der Waals surface area contributed by atoms with E-state index in [2.05, 4.69) is 30.0 Å². The van der Waals surface area contributed by atoms with Gasteiger partial charge in [0, 0.05) is 52.9 Å². The van der Waals surface area contributed by atoms with Crippen LogP contribution in [0.3, 0.4) is 0 Å². The number of aromatic nitrogens is 4. The second-order valence-corrected chi connectivity index (χ2v) is 11.7. The smallest absolute Gasteiger partial charge is 0.330 e. The van der Waals surface area contributed by atoms with Gasteiger partial charge in [0.15, 0.2) is 12.6 Å². The molecule has 2 aromatic heterocycles. The molecule has 2 aromatic rings. The monoisotopic (exact) mass is 626 g/mol. The summed E-state index contributed by atoms with van der Waals surface area (Å²) in [4.78, 5) is 68.1. The Morgan fingerprint density at radius 3 is 1.84 bits per heavy atom. The molecule has 2 saturated heterocycles. The number of rotatable bonds is 10. The highest BCUT2D eigenvalue weighted by atomic mass is 31.2. The van der Waals surface area contributed by atoms with Crippen molar-refractivity contribution < 1.29 is 33.3 Å². The molecule has 4 heterocycles. The van der Waals surface area contributed by atoms with E-state index in [9.17, 15) is 33.7 Å². The first-order valence-electron chi connectivity index (χ1n) is 12.6. The Hall–Kier alpha value is -4.03. The molecule has 9 atom stereocenters. The molecule has 2 fully saturated rings. The lowest BCUT2D eigenvalue weighted by Gasteiger charge is -2.31. The summed E-state index contributed by atoms with van der Waals surface area (Å²) in [6.07, 6.45) is -7.12. The second-order valence-electron chi connectivity index (χ2n) is 9.89. The highest BCUT2D eigenvalue weighted by Crippen LogP contribution is 2.44. The van der Waals surface area contributed by atoms with E-state index in [0.29, 0.717) is 0 Å². The summed E-state index contributed by atoms with van der Waals surface area (Å²) in [6, 6.07) is -2.31. The molecule has 43 heavy (non-hydrogen) atoms. The number of nitrogens with zero attached hydrogens (tertiary/aromatic N) is 8. The molecule has 0 bridgehead atoms. The molecule has 232 valence electrons. The lowest BCUT2D eigenvalue weighted by atomic mass is 10.1. The van der Waals surface area contributed by atoms with Gasteiger partial charge in [-0.15, -0.1) is 0 Å². The number of aromatic amines is 2. The lowest BCUT2D eigenvalue weighted by molar-refractivity contribution is -0.271. The van der Waals surface area contributed by atoms with E-state index in [-0.39, 0.29) is 24.0 Å². The zero-order chi connectivity index (χ0) is 31.6. The predicted molar refractivity (Wildman–Crippen MR) is 143 cm³/mol. The minimum Gasteiger partial charge on any atom is -0.366 e. The van der Waals surface area contributed by atoms with Gasteiger partial charge in [-0.05, 0) is 24.9 Å². The molecule has 4 rings (SSSR count). The number of hydrogen-bond acceptors (Lipinski definition) is 12. The van der Waals surface area contributed by atoms with Gasteiger partial charge in [0.2, 0.25) is 0 Å². The zero-order valence-electron chi connectivity index (χ0n) is 22.8. The normalized spacial score (nSPS) is 27.9. The third-order valence-electron chi connectivity index (χ3n) is 6.71. The Kier molecular flexibility index (Phi) is 9.41. The molecule has 21 nitrogen and oxygen atoms in total. The molecule has 0 saturated carbocycles. The number of aliphatic hydroxyl groups is 1. The Bertz CT molecular complexity index is 1750. The van der Waals surface area contributed by atoms with Crippen LogP contribution in [0.2, 0.25) is 0 Å². The van der Waals surface area contributed by atoms with Crippen LogP contribution in [0.4, 0.5) is 0 Å². The van der Waals surface area contributed by atoms with Crippen LogP contribution in [-0.2, 0) is 23.3 Å². The van der Waals surface area contributed by atoms with Gasteiger partial charge in [-0.2, -0.15) is 0 Å². The van der Waals surface area contributed by atoms with E-state index in [1.807, 2.05) is 0 Å². The van der Waals surface area contributed by atoms with Gasteiger partial charge < -0.3 is 24.2 Å². The van der Waals surface area contributed by atoms with Crippen LogP contribution in [0.15, 0.2) is 41.8 Å². The van der Waals surface area contributed by atoms with Gasteiger partial charge in [0.05, 0.1) is 12.1 Å². The van der Waals surface area contributed by atoms with Crippen molar-refractivity contribution in [2.75, 3.05) is 6.66 Å². The van der Waals surface area contributed by atoms with Gasteiger partial charge in [-0.3, -0.25) is 37.8 Å². The summed E-state index contributed by atoms with van der Waals surface area (Å²) in [6.45, 7) is 3.70. The summed E-state index contributed by atoms with van der Waals surface area (Å²) in [5, 5.41) is 18.2. The van der Waals surface area contributed by atoms with Gasteiger partial charge in [-0.1, -0.05) is 10.2 Å². The van der Waals surface area contributed by atoms with E-state index in [1.165, 1.54) is 26.2 Å². The van der Waals surface area contributed by atoms with Crippen LogP contribution in [0.25, 0.3) is 20.9 Å². The highest BCUT2D eigenvalue weighted by molar-refractivity contribution is 7.51. The van der Waals surface area contributed by atoms with Crippen molar-refractivity contribution in [3.63, 3.8) is 0 Å². The molecule has 2 aliphatic rings. The molecular formula is C21H27N10O11P. The number of H-pyrrole nitrogens is 2. The molecule has 0 aliphatic carbocycles. The Morgan fingerprint density at radius 1 is 0.953 bits per heavy atom. The fourth-order valence-electron chi connectivity index (χ4n) is 4.73. The van der Waals surface area contributed by atoms with Crippen molar-refractivity contribution in [1.29, 1.82) is 0 Å². The molecule has 3 unspecified atom stereocenters. The maximum absolute atomic E-state index is 12.4. The van der Waals surface area contributed by atoms with Gasteiger partial charge in [0.25, 0.3) is 11.1 Å². The fourth-order valence-corrected chi connectivity index (χ4v) is 5.28. The summed E-state index contributed by atoms with van der Waals surface area (Å²) in [5.41, 5.74) is 15.6. The third-order valence-corrected chi connectivity index (χ3v) is 7.31.